The Morgan fingerprint density at radius 3 is 2.19 bits per heavy atom. The van der Waals surface area contributed by atoms with Gasteiger partial charge in [0.25, 0.3) is 0 Å². The number of carbonyl (C=O) groups is 2. The van der Waals surface area contributed by atoms with Crippen LogP contribution in [0.1, 0.15) is 5.56 Å². The normalized spacial score (nSPS) is 12.7. The maximum atomic E-state index is 13.8. The molecule has 0 saturated heterocycles. The van der Waals surface area contributed by atoms with E-state index in [1.807, 2.05) is 48.5 Å². The standard InChI is InChI=1S/C27H23N5O4/c1-35-23-15-13-20(14-16-23)30-18-19-17-28-25(32(27(34)36-2)22-11-7-4-8-12-22)29-24(19)31(26(30)33)21-9-5-3-6-10-21/h3-17H,18H2,1-2H3. The summed E-state index contributed by atoms with van der Waals surface area (Å²) in [5.74, 6) is 1.18. The molecule has 1 aliphatic rings. The highest BCUT2D eigenvalue weighted by atomic mass is 16.5. The van der Waals surface area contributed by atoms with E-state index in [2.05, 4.69) is 4.98 Å². The van der Waals surface area contributed by atoms with E-state index in [0.717, 1.165) is 5.56 Å². The molecule has 0 saturated carbocycles. The van der Waals surface area contributed by atoms with Crippen LogP contribution in [0.5, 0.6) is 5.75 Å². The number of amides is 3. The van der Waals surface area contributed by atoms with Gasteiger partial charge >= 0.3 is 12.1 Å². The zero-order valence-electron chi connectivity index (χ0n) is 19.7. The van der Waals surface area contributed by atoms with Crippen molar-refractivity contribution in [2.24, 2.45) is 0 Å². The summed E-state index contributed by atoms with van der Waals surface area (Å²) in [7, 11) is 2.89. The number of fused-ring (bicyclic) bond motifs is 1. The van der Waals surface area contributed by atoms with Crippen LogP contribution in [0.15, 0.2) is 91.1 Å². The lowest BCUT2D eigenvalue weighted by Crippen LogP contribution is -2.45. The van der Waals surface area contributed by atoms with E-state index in [4.69, 9.17) is 14.5 Å². The summed E-state index contributed by atoms with van der Waals surface area (Å²) >= 11 is 0. The summed E-state index contributed by atoms with van der Waals surface area (Å²) < 4.78 is 10.3. The van der Waals surface area contributed by atoms with Gasteiger partial charge in [-0.1, -0.05) is 36.4 Å². The fourth-order valence-electron chi connectivity index (χ4n) is 4.00. The molecule has 9 nitrogen and oxygen atoms in total. The van der Waals surface area contributed by atoms with Gasteiger partial charge in [-0.2, -0.15) is 4.98 Å². The van der Waals surface area contributed by atoms with E-state index in [9.17, 15) is 9.59 Å². The van der Waals surface area contributed by atoms with Crippen LogP contribution in [-0.2, 0) is 11.3 Å². The van der Waals surface area contributed by atoms with Crippen LogP contribution < -0.4 is 19.4 Å². The van der Waals surface area contributed by atoms with Gasteiger partial charge in [0.1, 0.15) is 5.75 Å². The van der Waals surface area contributed by atoms with Gasteiger partial charge in [-0.15, -0.1) is 0 Å². The van der Waals surface area contributed by atoms with E-state index in [-0.39, 0.29) is 18.5 Å². The van der Waals surface area contributed by atoms with Crippen molar-refractivity contribution in [3.8, 4) is 5.75 Å². The second-order valence-corrected chi connectivity index (χ2v) is 7.90. The van der Waals surface area contributed by atoms with Crippen molar-refractivity contribution in [3.63, 3.8) is 0 Å². The summed E-state index contributed by atoms with van der Waals surface area (Å²) in [6.45, 7) is 0.258. The third-order valence-corrected chi connectivity index (χ3v) is 5.76. The maximum absolute atomic E-state index is 13.8. The average Bonchev–Trinajstić information content (AvgIpc) is 2.94. The van der Waals surface area contributed by atoms with Gasteiger partial charge < -0.3 is 9.47 Å². The molecule has 2 heterocycles. The van der Waals surface area contributed by atoms with Gasteiger partial charge in [0.05, 0.1) is 32.1 Å². The molecule has 0 spiro atoms. The summed E-state index contributed by atoms with van der Waals surface area (Å²) in [5, 5.41) is 0. The number of methoxy groups -OCH3 is 2. The molecular weight excluding hydrogens is 458 g/mol. The second kappa shape index (κ2) is 9.75. The lowest BCUT2D eigenvalue weighted by atomic mass is 10.1. The van der Waals surface area contributed by atoms with Gasteiger partial charge in [0, 0.05) is 17.4 Å². The fraction of sp³-hybridized carbons (Fsp3) is 0.111. The molecule has 3 amide bonds. The van der Waals surface area contributed by atoms with Gasteiger partial charge in [-0.05, 0) is 48.5 Å². The summed E-state index contributed by atoms with van der Waals surface area (Å²) in [5.41, 5.74) is 2.60. The zero-order chi connectivity index (χ0) is 25.1. The molecule has 1 aromatic heterocycles. The highest BCUT2D eigenvalue weighted by molar-refractivity contribution is 6.10. The Morgan fingerprint density at radius 1 is 0.889 bits per heavy atom. The number of urea groups is 1. The number of carbonyl (C=O) groups excluding carboxylic acids is 2. The number of rotatable bonds is 5. The molecule has 36 heavy (non-hydrogen) atoms. The Labute approximate surface area is 208 Å². The SMILES string of the molecule is COC(=O)N(c1ccccc1)c1ncc2c(n1)N(c1ccccc1)C(=O)N(c1ccc(OC)cc1)C2. The molecular formula is C27H23N5O4. The van der Waals surface area contributed by atoms with E-state index < -0.39 is 6.09 Å². The largest absolute Gasteiger partial charge is 0.497 e. The topological polar surface area (TPSA) is 88.1 Å². The monoisotopic (exact) mass is 481 g/mol. The fourth-order valence-corrected chi connectivity index (χ4v) is 4.00. The molecule has 0 aliphatic carbocycles. The Kier molecular flexibility index (Phi) is 6.19. The number of aromatic nitrogens is 2. The molecule has 4 aromatic rings. The number of hydrogen-bond donors (Lipinski definition) is 0. The van der Waals surface area contributed by atoms with E-state index >= 15 is 0 Å². The van der Waals surface area contributed by atoms with E-state index in [1.165, 1.54) is 16.9 Å². The molecule has 5 rings (SSSR count). The van der Waals surface area contributed by atoms with Gasteiger partial charge in [-0.3, -0.25) is 4.90 Å². The van der Waals surface area contributed by atoms with Crippen LogP contribution in [0.4, 0.5) is 38.4 Å². The number of benzene rings is 3. The first-order valence-electron chi connectivity index (χ1n) is 11.2. The van der Waals surface area contributed by atoms with Crippen molar-refractivity contribution in [1.82, 2.24) is 9.97 Å². The Morgan fingerprint density at radius 2 is 1.56 bits per heavy atom. The smallest absolute Gasteiger partial charge is 0.421 e. The highest BCUT2D eigenvalue weighted by Crippen LogP contribution is 2.37. The molecule has 0 bridgehead atoms. The quantitative estimate of drug-likeness (QED) is 0.365. The van der Waals surface area contributed by atoms with E-state index in [0.29, 0.717) is 28.6 Å². The minimum Gasteiger partial charge on any atom is -0.497 e. The lowest BCUT2D eigenvalue weighted by molar-refractivity contribution is 0.181. The van der Waals surface area contributed by atoms with Crippen LogP contribution in [0, 0.1) is 0 Å². The maximum Gasteiger partial charge on any atom is 0.421 e. The Balaban J connectivity index is 1.63. The van der Waals surface area contributed by atoms with Gasteiger partial charge in [0.2, 0.25) is 5.95 Å². The lowest BCUT2D eigenvalue weighted by Gasteiger charge is -2.36. The Hall–Kier alpha value is -4.92. The van der Waals surface area contributed by atoms with Gasteiger partial charge in [0.15, 0.2) is 5.82 Å². The number of nitrogens with zero attached hydrogens (tertiary/aromatic N) is 5. The number of anilines is 5. The molecule has 0 unspecified atom stereocenters. The van der Waals surface area contributed by atoms with Crippen molar-refractivity contribution in [1.29, 1.82) is 0 Å². The first-order valence-corrected chi connectivity index (χ1v) is 11.2. The summed E-state index contributed by atoms with van der Waals surface area (Å²) in [4.78, 5) is 40.2. The van der Waals surface area contributed by atoms with E-state index in [1.54, 1.807) is 54.6 Å². The minimum absolute atomic E-state index is 0.0958. The van der Waals surface area contributed by atoms with Crippen LogP contribution >= 0.6 is 0 Å². The van der Waals surface area contributed by atoms with Crippen molar-refractivity contribution in [3.05, 3.63) is 96.7 Å². The predicted octanol–water partition coefficient (Wildman–Crippen LogP) is 5.67. The zero-order valence-corrected chi connectivity index (χ0v) is 19.7. The van der Waals surface area contributed by atoms with Crippen molar-refractivity contribution < 1.29 is 19.1 Å². The van der Waals surface area contributed by atoms with Crippen molar-refractivity contribution in [2.75, 3.05) is 28.9 Å². The number of hydrogen-bond acceptors (Lipinski definition) is 6. The molecule has 0 fully saturated rings. The van der Waals surface area contributed by atoms with Crippen molar-refractivity contribution >= 4 is 41.0 Å². The molecule has 1 aliphatic heterocycles. The summed E-state index contributed by atoms with van der Waals surface area (Å²) in [6, 6.07) is 25.2. The molecule has 180 valence electrons. The predicted molar refractivity (Wildman–Crippen MR) is 136 cm³/mol. The molecule has 0 radical (unpaired) electrons. The van der Waals surface area contributed by atoms with Crippen molar-refractivity contribution in [2.45, 2.75) is 6.54 Å². The van der Waals surface area contributed by atoms with Gasteiger partial charge in [-0.25, -0.2) is 24.4 Å². The third-order valence-electron chi connectivity index (χ3n) is 5.76. The average molecular weight is 482 g/mol. The first kappa shape index (κ1) is 22.9. The highest BCUT2D eigenvalue weighted by Gasteiger charge is 2.35. The summed E-state index contributed by atoms with van der Waals surface area (Å²) in [6.07, 6.45) is 0.990. The Bertz CT molecular complexity index is 1380. The molecule has 0 atom stereocenters. The number of para-hydroxylation sites is 2. The van der Waals surface area contributed by atoms with Crippen LogP contribution in [0.2, 0.25) is 0 Å². The second-order valence-electron chi connectivity index (χ2n) is 7.90. The van der Waals surface area contributed by atoms with Crippen LogP contribution in [0.3, 0.4) is 0 Å². The minimum atomic E-state index is -0.644. The van der Waals surface area contributed by atoms with Crippen LogP contribution in [-0.4, -0.2) is 36.3 Å². The first-order chi connectivity index (χ1) is 17.6. The molecule has 9 heteroatoms. The molecule has 3 aromatic carbocycles. The number of ether oxygens (including phenoxy) is 2. The van der Waals surface area contributed by atoms with Crippen LogP contribution in [0.25, 0.3) is 0 Å². The third kappa shape index (κ3) is 4.18. The molecule has 0 N–H and O–H groups in total.